The molecule has 2 heteroatoms. The Bertz CT molecular complexity index is 1410. The normalized spacial score (nSPS) is 11.9. The van der Waals surface area contributed by atoms with E-state index in [9.17, 15) is 0 Å². The molecule has 0 radical (unpaired) electrons. The van der Waals surface area contributed by atoms with Gasteiger partial charge in [-0.25, -0.2) is 0 Å². The van der Waals surface area contributed by atoms with E-state index in [0.717, 1.165) is 33.1 Å². The first kappa shape index (κ1) is 15.5. The second kappa shape index (κ2) is 5.49. The molecule has 0 aliphatic carbocycles. The quantitative estimate of drug-likeness (QED) is 0.299. The summed E-state index contributed by atoms with van der Waals surface area (Å²) < 4.78 is 12.3. The molecule has 134 valence electrons. The van der Waals surface area contributed by atoms with Gasteiger partial charge in [-0.1, -0.05) is 48.5 Å². The third kappa shape index (κ3) is 1.97. The largest absolute Gasteiger partial charge is 0.456 e. The van der Waals surface area contributed by atoms with Crippen molar-refractivity contribution in [2.45, 2.75) is 13.8 Å². The molecule has 2 nitrogen and oxygen atoms in total. The van der Waals surface area contributed by atoms with Gasteiger partial charge < -0.3 is 8.83 Å². The summed E-state index contributed by atoms with van der Waals surface area (Å²) in [6.07, 6.45) is 0. The van der Waals surface area contributed by atoms with E-state index in [-0.39, 0.29) is 0 Å². The van der Waals surface area contributed by atoms with Gasteiger partial charge in [0.05, 0.1) is 0 Å². The first-order valence-electron chi connectivity index (χ1n) is 9.54. The number of hydrogen-bond acceptors (Lipinski definition) is 2. The van der Waals surface area contributed by atoms with Crippen molar-refractivity contribution in [3.8, 4) is 11.1 Å². The number of fused-ring (bicyclic) bond motifs is 6. The Kier molecular flexibility index (Phi) is 3.05. The van der Waals surface area contributed by atoms with Gasteiger partial charge in [0.1, 0.15) is 22.3 Å². The van der Waals surface area contributed by atoms with E-state index in [2.05, 4.69) is 62.4 Å². The molecule has 28 heavy (non-hydrogen) atoms. The van der Waals surface area contributed by atoms with Crippen LogP contribution in [0.2, 0.25) is 0 Å². The maximum atomic E-state index is 6.17. The summed E-state index contributed by atoms with van der Waals surface area (Å²) in [5.41, 5.74) is 8.63. The first-order valence-corrected chi connectivity index (χ1v) is 9.54. The number of benzene rings is 4. The topological polar surface area (TPSA) is 26.3 Å². The lowest BCUT2D eigenvalue weighted by Gasteiger charge is -2.13. The predicted molar refractivity (Wildman–Crippen MR) is 116 cm³/mol. The van der Waals surface area contributed by atoms with Gasteiger partial charge in [0, 0.05) is 21.5 Å². The summed E-state index contributed by atoms with van der Waals surface area (Å²) in [7, 11) is 0. The number of furan rings is 2. The minimum absolute atomic E-state index is 0.922. The molecule has 0 saturated carbocycles. The van der Waals surface area contributed by atoms with Crippen LogP contribution in [0.15, 0.2) is 81.6 Å². The fourth-order valence-electron chi connectivity index (χ4n) is 4.49. The lowest BCUT2D eigenvalue weighted by Crippen LogP contribution is -1.90. The van der Waals surface area contributed by atoms with Gasteiger partial charge in [-0.3, -0.25) is 0 Å². The van der Waals surface area contributed by atoms with Crippen molar-refractivity contribution in [3.05, 3.63) is 83.9 Å². The molecule has 0 atom stereocenters. The highest BCUT2D eigenvalue weighted by Crippen LogP contribution is 2.45. The lowest BCUT2D eigenvalue weighted by atomic mass is 9.89. The van der Waals surface area contributed by atoms with Gasteiger partial charge in [-0.15, -0.1) is 0 Å². The van der Waals surface area contributed by atoms with Crippen molar-refractivity contribution in [1.82, 2.24) is 0 Å². The molecule has 0 bridgehead atoms. The monoisotopic (exact) mass is 362 g/mol. The molecule has 4 aromatic carbocycles. The second-order valence-corrected chi connectivity index (χ2v) is 7.46. The van der Waals surface area contributed by atoms with Crippen molar-refractivity contribution >= 4 is 43.9 Å². The maximum Gasteiger partial charge on any atom is 0.136 e. The molecule has 2 aromatic heterocycles. The zero-order valence-electron chi connectivity index (χ0n) is 15.7. The molecule has 0 saturated heterocycles. The summed E-state index contributed by atoms with van der Waals surface area (Å²) in [6, 6.07) is 25.0. The molecule has 0 unspecified atom stereocenters. The molecule has 0 N–H and O–H groups in total. The standard InChI is InChI=1S/C26H18O2/c1-15-11-13-21-25(17-7-3-5-9-19(17)27-21)23(15)24-16(2)12-14-22-26(24)18-8-4-6-10-20(18)28-22/h3-14H,1-2H3. The fourth-order valence-corrected chi connectivity index (χ4v) is 4.49. The van der Waals surface area contributed by atoms with Crippen LogP contribution in [0.1, 0.15) is 11.1 Å². The van der Waals surface area contributed by atoms with Crippen molar-refractivity contribution < 1.29 is 8.83 Å². The smallest absolute Gasteiger partial charge is 0.136 e. The summed E-state index contributed by atoms with van der Waals surface area (Å²) in [4.78, 5) is 0. The number of para-hydroxylation sites is 2. The Morgan fingerprint density at radius 1 is 0.464 bits per heavy atom. The number of rotatable bonds is 1. The first-order chi connectivity index (χ1) is 13.7. The minimum atomic E-state index is 0.922. The Morgan fingerprint density at radius 2 is 0.893 bits per heavy atom. The highest BCUT2D eigenvalue weighted by atomic mass is 16.3. The number of hydrogen-bond donors (Lipinski definition) is 0. The van der Waals surface area contributed by atoms with E-state index in [1.807, 2.05) is 24.3 Å². The van der Waals surface area contributed by atoms with Gasteiger partial charge >= 0.3 is 0 Å². The lowest BCUT2D eigenvalue weighted by molar-refractivity contribution is 0.668. The van der Waals surface area contributed by atoms with Crippen LogP contribution in [0.4, 0.5) is 0 Å². The molecule has 6 aromatic rings. The summed E-state index contributed by atoms with van der Waals surface area (Å²) in [5, 5.41) is 4.66. The fraction of sp³-hybridized carbons (Fsp3) is 0.0769. The van der Waals surface area contributed by atoms with Gasteiger partial charge in [-0.05, 0) is 60.4 Å². The van der Waals surface area contributed by atoms with Crippen LogP contribution in [0, 0.1) is 13.8 Å². The van der Waals surface area contributed by atoms with Crippen LogP contribution >= 0.6 is 0 Å². The van der Waals surface area contributed by atoms with Gasteiger partial charge in [0.2, 0.25) is 0 Å². The van der Waals surface area contributed by atoms with Crippen molar-refractivity contribution in [2.24, 2.45) is 0 Å². The molecule has 0 aliphatic heterocycles. The third-order valence-corrected chi connectivity index (χ3v) is 5.75. The average molecular weight is 362 g/mol. The van der Waals surface area contributed by atoms with E-state index in [1.165, 1.54) is 33.0 Å². The summed E-state index contributed by atoms with van der Waals surface area (Å²) >= 11 is 0. The zero-order chi connectivity index (χ0) is 18.8. The highest BCUT2D eigenvalue weighted by Gasteiger charge is 2.20. The van der Waals surface area contributed by atoms with Crippen molar-refractivity contribution in [1.29, 1.82) is 0 Å². The highest BCUT2D eigenvalue weighted by molar-refractivity contribution is 6.20. The van der Waals surface area contributed by atoms with Gasteiger partial charge in [0.15, 0.2) is 0 Å². The third-order valence-electron chi connectivity index (χ3n) is 5.75. The van der Waals surface area contributed by atoms with Crippen molar-refractivity contribution in [2.75, 3.05) is 0 Å². The van der Waals surface area contributed by atoms with Crippen LogP contribution < -0.4 is 0 Å². The van der Waals surface area contributed by atoms with Crippen LogP contribution in [0.25, 0.3) is 55.0 Å². The molecule has 0 amide bonds. The van der Waals surface area contributed by atoms with Crippen LogP contribution in [-0.2, 0) is 0 Å². The molecule has 0 spiro atoms. The van der Waals surface area contributed by atoms with E-state index in [1.54, 1.807) is 0 Å². The molecule has 2 heterocycles. The average Bonchev–Trinajstić information content (AvgIpc) is 3.27. The molecule has 6 rings (SSSR count). The minimum Gasteiger partial charge on any atom is -0.456 e. The van der Waals surface area contributed by atoms with E-state index >= 15 is 0 Å². The summed E-state index contributed by atoms with van der Waals surface area (Å²) in [5.74, 6) is 0. The van der Waals surface area contributed by atoms with Crippen molar-refractivity contribution in [3.63, 3.8) is 0 Å². The van der Waals surface area contributed by atoms with Gasteiger partial charge in [-0.2, -0.15) is 0 Å². The van der Waals surface area contributed by atoms with Crippen LogP contribution in [-0.4, -0.2) is 0 Å². The molecular weight excluding hydrogens is 344 g/mol. The van der Waals surface area contributed by atoms with Crippen LogP contribution in [0.5, 0.6) is 0 Å². The predicted octanol–water partition coefficient (Wildman–Crippen LogP) is 7.77. The van der Waals surface area contributed by atoms with Crippen LogP contribution in [0.3, 0.4) is 0 Å². The Balaban J connectivity index is 1.88. The van der Waals surface area contributed by atoms with E-state index < -0.39 is 0 Å². The van der Waals surface area contributed by atoms with E-state index in [0.29, 0.717) is 0 Å². The SMILES string of the molecule is Cc1ccc2oc3ccccc3c2c1-c1c(C)ccc2oc3ccccc3c12. The molecule has 0 aliphatic rings. The Labute approximate surface area is 162 Å². The molecule has 0 fully saturated rings. The zero-order valence-corrected chi connectivity index (χ0v) is 15.7. The summed E-state index contributed by atoms with van der Waals surface area (Å²) in [6.45, 7) is 4.36. The maximum absolute atomic E-state index is 6.17. The van der Waals surface area contributed by atoms with E-state index in [4.69, 9.17) is 8.83 Å². The Morgan fingerprint density at radius 3 is 1.36 bits per heavy atom. The molecular formula is C26H18O2. The second-order valence-electron chi connectivity index (χ2n) is 7.46. The number of aryl methyl sites for hydroxylation is 2. The Hall–Kier alpha value is -3.52. The van der Waals surface area contributed by atoms with Gasteiger partial charge in [0.25, 0.3) is 0 Å².